The van der Waals surface area contributed by atoms with Gasteiger partial charge in [0.1, 0.15) is 18.1 Å². The molecule has 4 unspecified atom stereocenters. The normalized spacial score (nSPS) is 13.5. The van der Waals surface area contributed by atoms with E-state index in [9.17, 15) is 34.2 Å². The summed E-state index contributed by atoms with van der Waals surface area (Å²) in [7, 11) is 0. The molecule has 19 nitrogen and oxygen atoms in total. The van der Waals surface area contributed by atoms with E-state index in [0.717, 1.165) is 0 Å². The fourth-order valence-electron chi connectivity index (χ4n) is 3.45. The summed E-state index contributed by atoms with van der Waals surface area (Å²) in [6.45, 7) is 0.342. The number of hydrogen-bond donors (Lipinski definition) is 11. The number of nitrogens with one attached hydrogen (secondary N) is 4. The Labute approximate surface area is 234 Å². The summed E-state index contributed by atoms with van der Waals surface area (Å²) in [5, 5.41) is 25.8. The molecule has 1 rings (SSSR count). The lowest BCUT2D eigenvalue weighted by atomic mass is 10.1. The number of carbonyl (C=O) groups excluding carboxylic acids is 3. The molecule has 41 heavy (non-hydrogen) atoms. The van der Waals surface area contributed by atoms with Crippen molar-refractivity contribution in [3.63, 3.8) is 0 Å². The van der Waals surface area contributed by atoms with Crippen LogP contribution in [0.1, 0.15) is 37.8 Å². The Balaban J connectivity index is 2.99. The number of carboxylic acid groups (broad SMARTS) is 2. The van der Waals surface area contributed by atoms with Crippen LogP contribution in [0, 0.1) is 0 Å². The maximum Gasteiger partial charge on any atom is 0.326 e. The Morgan fingerprint density at radius 1 is 0.829 bits per heavy atom. The van der Waals surface area contributed by atoms with Gasteiger partial charge in [-0.1, -0.05) is 0 Å². The molecule has 0 radical (unpaired) electrons. The van der Waals surface area contributed by atoms with E-state index in [0.29, 0.717) is 12.1 Å². The zero-order valence-corrected chi connectivity index (χ0v) is 22.3. The van der Waals surface area contributed by atoms with E-state index in [1.165, 1.54) is 12.5 Å². The summed E-state index contributed by atoms with van der Waals surface area (Å²) < 4.78 is 0. The van der Waals surface area contributed by atoms with Crippen LogP contribution >= 0.6 is 0 Å². The van der Waals surface area contributed by atoms with Crippen LogP contribution in [-0.4, -0.2) is 99.0 Å². The van der Waals surface area contributed by atoms with Gasteiger partial charge < -0.3 is 59.8 Å². The van der Waals surface area contributed by atoms with Crippen molar-refractivity contribution in [2.45, 2.75) is 62.7 Å². The number of aromatic nitrogens is 2. The lowest BCUT2D eigenvalue weighted by Crippen LogP contribution is -2.57. The minimum atomic E-state index is -1.67. The molecular formula is C22H38N12O7. The Morgan fingerprint density at radius 3 is 1.88 bits per heavy atom. The number of imidazole rings is 1. The monoisotopic (exact) mass is 582 g/mol. The fraction of sp³-hybridized carbons (Fsp3) is 0.545. The molecule has 1 heterocycles. The number of aliphatic imine (C=N–C) groups is 2. The number of nitrogens with zero attached hydrogens (tertiary/aromatic N) is 3. The van der Waals surface area contributed by atoms with E-state index in [2.05, 4.69) is 35.9 Å². The standard InChI is InChI=1S/C22H38N12O7/c23-12(3-1-5-29-21(24)25)17(37)32-13(4-2-6-30-22(26)27)18(38)33-14(8-16(35)36)19(39)34-15(20(40)41)7-11-9-28-10-31-11/h9-10,12-15H,1-8,23H2,(H,28,31)(H,32,37)(H,33,38)(H,34,39)(H,35,36)(H,40,41)(H4,24,25,29)(H4,26,27,30). The van der Waals surface area contributed by atoms with Crippen LogP contribution in [0.3, 0.4) is 0 Å². The van der Waals surface area contributed by atoms with E-state index in [1.807, 2.05) is 0 Å². The predicted octanol–water partition coefficient (Wildman–Crippen LogP) is -4.60. The maximum atomic E-state index is 13.1. The maximum absolute atomic E-state index is 13.1. The highest BCUT2D eigenvalue weighted by Crippen LogP contribution is 2.05. The number of nitrogens with two attached hydrogens (primary N) is 5. The van der Waals surface area contributed by atoms with Crippen molar-refractivity contribution in [1.29, 1.82) is 0 Å². The Hall–Kier alpha value is -4.94. The molecule has 19 heteroatoms. The molecule has 0 aliphatic carbocycles. The summed E-state index contributed by atoms with van der Waals surface area (Å²) in [6, 6.07) is -5.42. The molecule has 4 atom stereocenters. The largest absolute Gasteiger partial charge is 0.481 e. The minimum absolute atomic E-state index is 0.00589. The number of carboxylic acids is 2. The molecule has 0 fully saturated rings. The van der Waals surface area contributed by atoms with Gasteiger partial charge in [0.05, 0.1) is 18.8 Å². The molecule has 3 amide bonds. The Kier molecular flexibility index (Phi) is 14.6. The number of carbonyl (C=O) groups is 5. The fourth-order valence-corrected chi connectivity index (χ4v) is 3.45. The van der Waals surface area contributed by atoms with Gasteiger partial charge in [0.2, 0.25) is 17.7 Å². The molecule has 1 aromatic heterocycles. The number of aliphatic carboxylic acids is 2. The van der Waals surface area contributed by atoms with Crippen LogP contribution in [0.4, 0.5) is 0 Å². The summed E-state index contributed by atoms with van der Waals surface area (Å²) in [5.74, 6) is -5.79. The van der Waals surface area contributed by atoms with Gasteiger partial charge in [-0.05, 0) is 25.7 Å². The molecule has 0 aliphatic rings. The van der Waals surface area contributed by atoms with Crippen molar-refractivity contribution in [1.82, 2.24) is 25.9 Å². The lowest BCUT2D eigenvalue weighted by molar-refractivity contribution is -0.143. The summed E-state index contributed by atoms with van der Waals surface area (Å²) in [5.41, 5.74) is 27.4. The van der Waals surface area contributed by atoms with Crippen molar-refractivity contribution < 1.29 is 34.2 Å². The second-order valence-corrected chi connectivity index (χ2v) is 8.90. The first kappa shape index (κ1) is 34.1. The lowest BCUT2D eigenvalue weighted by Gasteiger charge is -2.24. The highest BCUT2D eigenvalue weighted by Gasteiger charge is 2.31. The third-order valence-corrected chi connectivity index (χ3v) is 5.49. The molecule has 228 valence electrons. The van der Waals surface area contributed by atoms with Crippen LogP contribution in [0.5, 0.6) is 0 Å². The highest BCUT2D eigenvalue weighted by atomic mass is 16.4. The zero-order valence-electron chi connectivity index (χ0n) is 22.3. The molecule has 0 aliphatic heterocycles. The summed E-state index contributed by atoms with van der Waals surface area (Å²) >= 11 is 0. The topological polar surface area (TPSA) is 345 Å². The molecule has 0 saturated heterocycles. The van der Waals surface area contributed by atoms with Gasteiger partial charge in [-0.15, -0.1) is 0 Å². The van der Waals surface area contributed by atoms with Gasteiger partial charge in [-0.25, -0.2) is 9.78 Å². The number of amides is 3. The zero-order chi connectivity index (χ0) is 30.9. The van der Waals surface area contributed by atoms with Gasteiger partial charge >= 0.3 is 11.9 Å². The summed E-state index contributed by atoms with van der Waals surface area (Å²) in [4.78, 5) is 75.9. The van der Waals surface area contributed by atoms with Crippen molar-refractivity contribution in [3.8, 4) is 0 Å². The quantitative estimate of drug-likeness (QED) is 0.0416. The number of rotatable bonds is 19. The van der Waals surface area contributed by atoms with Crippen molar-refractivity contribution >= 4 is 41.6 Å². The first-order valence-corrected chi connectivity index (χ1v) is 12.5. The minimum Gasteiger partial charge on any atom is -0.481 e. The molecule has 0 spiro atoms. The molecule has 16 N–H and O–H groups in total. The Morgan fingerprint density at radius 2 is 1.37 bits per heavy atom. The van der Waals surface area contributed by atoms with Crippen LogP contribution in [0.25, 0.3) is 0 Å². The molecule has 0 bridgehead atoms. The second-order valence-electron chi connectivity index (χ2n) is 8.90. The highest BCUT2D eigenvalue weighted by molar-refractivity contribution is 5.95. The molecule has 1 aromatic rings. The second kappa shape index (κ2) is 17.6. The third-order valence-electron chi connectivity index (χ3n) is 5.49. The van der Waals surface area contributed by atoms with E-state index < -0.39 is 60.2 Å². The summed E-state index contributed by atoms with van der Waals surface area (Å²) in [6.07, 6.45) is 2.40. The average molecular weight is 583 g/mol. The first-order chi connectivity index (χ1) is 19.3. The molecule has 0 saturated carbocycles. The van der Waals surface area contributed by atoms with Gasteiger partial charge in [-0.2, -0.15) is 0 Å². The van der Waals surface area contributed by atoms with Crippen molar-refractivity contribution in [2.75, 3.05) is 13.1 Å². The number of guanidine groups is 2. The van der Waals surface area contributed by atoms with Crippen LogP contribution in [0.15, 0.2) is 22.5 Å². The SMILES string of the molecule is NC(N)=NCCCC(N)C(=O)NC(CCCN=C(N)N)C(=O)NC(CC(=O)O)C(=O)NC(Cc1cnc[nH]1)C(=O)O. The first-order valence-electron chi connectivity index (χ1n) is 12.5. The van der Waals surface area contributed by atoms with E-state index in [1.54, 1.807) is 0 Å². The van der Waals surface area contributed by atoms with E-state index in [-0.39, 0.29) is 50.7 Å². The van der Waals surface area contributed by atoms with Crippen LogP contribution in [-0.2, 0) is 30.4 Å². The van der Waals surface area contributed by atoms with Crippen molar-refractivity contribution in [2.24, 2.45) is 38.7 Å². The van der Waals surface area contributed by atoms with Gasteiger partial charge in [-0.3, -0.25) is 29.2 Å². The van der Waals surface area contributed by atoms with Crippen LogP contribution in [0.2, 0.25) is 0 Å². The van der Waals surface area contributed by atoms with Gasteiger partial charge in [0.25, 0.3) is 0 Å². The van der Waals surface area contributed by atoms with Crippen molar-refractivity contribution in [3.05, 3.63) is 18.2 Å². The average Bonchev–Trinajstić information content (AvgIpc) is 3.39. The van der Waals surface area contributed by atoms with Crippen LogP contribution < -0.4 is 44.6 Å². The Bertz CT molecular complexity index is 1080. The molecular weight excluding hydrogens is 544 g/mol. The van der Waals surface area contributed by atoms with Gasteiger partial charge in [0.15, 0.2) is 11.9 Å². The predicted molar refractivity (Wildman–Crippen MR) is 146 cm³/mol. The number of aromatic amines is 1. The van der Waals surface area contributed by atoms with E-state index in [4.69, 9.17) is 28.7 Å². The number of hydrogen-bond acceptors (Lipinski definition) is 9. The molecule has 0 aromatic carbocycles. The number of H-pyrrole nitrogens is 1. The van der Waals surface area contributed by atoms with E-state index >= 15 is 0 Å². The smallest absolute Gasteiger partial charge is 0.326 e. The third kappa shape index (κ3) is 14.1. The van der Waals surface area contributed by atoms with Gasteiger partial charge in [0, 0.05) is 31.4 Å².